The largest absolute Gasteiger partial charge is 0.487 e. The van der Waals surface area contributed by atoms with Crippen LogP contribution >= 0.6 is 0 Å². The average Bonchev–Trinajstić information content (AvgIpc) is 2.04. The fourth-order valence-corrected chi connectivity index (χ4v) is 1.13. The van der Waals surface area contributed by atoms with Gasteiger partial charge in [-0.3, -0.25) is 0 Å². The van der Waals surface area contributed by atoms with Gasteiger partial charge in [0.2, 0.25) is 0 Å². The lowest BCUT2D eigenvalue weighted by atomic mass is 10.1. The lowest BCUT2D eigenvalue weighted by Gasteiger charge is -2.14. The monoisotopic (exact) mass is 147 g/mol. The van der Waals surface area contributed by atoms with Gasteiger partial charge in [0.25, 0.3) is 0 Å². The first-order valence-electron chi connectivity index (χ1n) is 3.54. The lowest BCUT2D eigenvalue weighted by molar-refractivity contribution is 0.346. The number of hydrogen-bond acceptors (Lipinski definition) is 2. The van der Waals surface area contributed by atoms with Gasteiger partial charge in [0.15, 0.2) is 0 Å². The molecular weight excluding hydrogens is 138 g/mol. The number of benzene rings is 1. The second-order valence-corrected chi connectivity index (χ2v) is 2.55. The van der Waals surface area contributed by atoms with Crippen LogP contribution in [0.4, 0.5) is 0 Å². The fourth-order valence-electron chi connectivity index (χ4n) is 1.13. The number of nitrogens with two attached hydrogens (primary N) is 1. The van der Waals surface area contributed by atoms with Crippen molar-refractivity contribution in [3.63, 3.8) is 0 Å². The van der Waals surface area contributed by atoms with Gasteiger partial charge in [0, 0.05) is 11.3 Å². The zero-order valence-corrected chi connectivity index (χ0v) is 6.08. The molecule has 1 aromatic carbocycles. The standard InChI is InChI=1S/C9H9NO/c10-8-5-7-3-1-2-4-9(7)11-6-8/h1-5H,6,10H2. The first kappa shape index (κ1) is 6.28. The Morgan fingerprint density at radius 2 is 2.09 bits per heavy atom. The Hall–Kier alpha value is -1.44. The first-order chi connectivity index (χ1) is 5.36. The number of rotatable bonds is 0. The van der Waals surface area contributed by atoms with Gasteiger partial charge < -0.3 is 10.5 Å². The first-order valence-corrected chi connectivity index (χ1v) is 3.54. The van der Waals surface area contributed by atoms with Crippen LogP contribution in [0.1, 0.15) is 5.56 Å². The summed E-state index contributed by atoms with van der Waals surface area (Å²) in [5, 5.41) is 0. The van der Waals surface area contributed by atoms with Gasteiger partial charge in [0.05, 0.1) is 0 Å². The quantitative estimate of drug-likeness (QED) is 0.601. The highest BCUT2D eigenvalue weighted by molar-refractivity contribution is 5.61. The second-order valence-electron chi connectivity index (χ2n) is 2.55. The van der Waals surface area contributed by atoms with E-state index in [1.54, 1.807) is 0 Å². The fraction of sp³-hybridized carbons (Fsp3) is 0.111. The number of para-hydroxylation sites is 1. The van der Waals surface area contributed by atoms with Gasteiger partial charge in [0.1, 0.15) is 12.4 Å². The van der Waals surface area contributed by atoms with Crippen molar-refractivity contribution in [1.29, 1.82) is 0 Å². The zero-order valence-electron chi connectivity index (χ0n) is 6.08. The van der Waals surface area contributed by atoms with Gasteiger partial charge in [-0.25, -0.2) is 0 Å². The summed E-state index contributed by atoms with van der Waals surface area (Å²) in [7, 11) is 0. The summed E-state index contributed by atoms with van der Waals surface area (Å²) in [5.41, 5.74) is 7.43. The Balaban J connectivity index is 2.51. The summed E-state index contributed by atoms with van der Waals surface area (Å²) in [4.78, 5) is 0. The number of hydrogen-bond donors (Lipinski definition) is 1. The number of fused-ring (bicyclic) bond motifs is 1. The lowest BCUT2D eigenvalue weighted by Crippen LogP contribution is -2.12. The topological polar surface area (TPSA) is 35.2 Å². The molecule has 2 heteroatoms. The Morgan fingerprint density at radius 1 is 1.27 bits per heavy atom. The summed E-state index contributed by atoms with van der Waals surface area (Å²) >= 11 is 0. The van der Waals surface area contributed by atoms with Crippen LogP contribution in [0.5, 0.6) is 5.75 Å². The molecule has 2 N–H and O–H groups in total. The Kier molecular flexibility index (Phi) is 1.32. The maximum atomic E-state index is 5.59. The summed E-state index contributed by atoms with van der Waals surface area (Å²) in [6, 6.07) is 7.85. The average molecular weight is 147 g/mol. The van der Waals surface area contributed by atoms with Crippen LogP contribution in [-0.4, -0.2) is 6.61 Å². The van der Waals surface area contributed by atoms with Gasteiger partial charge in [-0.05, 0) is 12.1 Å². The van der Waals surface area contributed by atoms with Gasteiger partial charge in [-0.2, -0.15) is 0 Å². The molecule has 2 nitrogen and oxygen atoms in total. The van der Waals surface area contributed by atoms with Gasteiger partial charge in [-0.1, -0.05) is 18.2 Å². The van der Waals surface area contributed by atoms with Crippen molar-refractivity contribution >= 4 is 6.08 Å². The molecule has 0 radical (unpaired) electrons. The minimum absolute atomic E-state index is 0.511. The van der Waals surface area contributed by atoms with Crippen molar-refractivity contribution < 1.29 is 4.74 Å². The van der Waals surface area contributed by atoms with Crippen molar-refractivity contribution in [1.82, 2.24) is 0 Å². The van der Waals surface area contributed by atoms with Crippen LogP contribution < -0.4 is 10.5 Å². The zero-order chi connectivity index (χ0) is 7.68. The van der Waals surface area contributed by atoms with E-state index in [0.717, 1.165) is 17.0 Å². The predicted octanol–water partition coefficient (Wildman–Crippen LogP) is 1.38. The molecular formula is C9H9NO. The van der Waals surface area contributed by atoms with E-state index in [1.165, 1.54) is 0 Å². The highest BCUT2D eigenvalue weighted by Crippen LogP contribution is 2.23. The summed E-state index contributed by atoms with van der Waals surface area (Å²) < 4.78 is 5.34. The molecule has 0 bridgehead atoms. The third kappa shape index (κ3) is 1.07. The SMILES string of the molecule is NC1=Cc2ccccc2OC1. The van der Waals surface area contributed by atoms with Crippen LogP contribution in [0.2, 0.25) is 0 Å². The van der Waals surface area contributed by atoms with Gasteiger partial charge in [-0.15, -0.1) is 0 Å². The normalized spacial score (nSPS) is 14.7. The van der Waals surface area contributed by atoms with E-state index in [0.29, 0.717) is 6.61 Å². The van der Waals surface area contributed by atoms with Crippen molar-refractivity contribution in [2.75, 3.05) is 6.61 Å². The molecule has 0 fully saturated rings. The molecule has 0 saturated heterocycles. The summed E-state index contributed by atoms with van der Waals surface area (Å²) in [5.74, 6) is 0.918. The van der Waals surface area contributed by atoms with E-state index in [9.17, 15) is 0 Å². The van der Waals surface area contributed by atoms with E-state index in [-0.39, 0.29) is 0 Å². The molecule has 0 unspecified atom stereocenters. The molecule has 0 aliphatic carbocycles. The van der Waals surface area contributed by atoms with Crippen molar-refractivity contribution in [2.24, 2.45) is 5.73 Å². The molecule has 0 atom stereocenters. The molecule has 0 saturated carbocycles. The van der Waals surface area contributed by atoms with Crippen molar-refractivity contribution in [3.8, 4) is 5.75 Å². The van der Waals surface area contributed by atoms with Gasteiger partial charge >= 0.3 is 0 Å². The van der Waals surface area contributed by atoms with E-state index in [1.807, 2.05) is 30.3 Å². The van der Waals surface area contributed by atoms with Crippen LogP contribution in [0.15, 0.2) is 30.0 Å². The molecule has 0 amide bonds. The molecule has 1 aliphatic rings. The Labute approximate surface area is 65.3 Å². The Bertz CT molecular complexity index is 304. The van der Waals surface area contributed by atoms with E-state index >= 15 is 0 Å². The molecule has 1 aliphatic heterocycles. The van der Waals surface area contributed by atoms with E-state index in [4.69, 9.17) is 10.5 Å². The molecule has 56 valence electrons. The minimum atomic E-state index is 0.511. The highest BCUT2D eigenvalue weighted by atomic mass is 16.5. The molecule has 1 aromatic rings. The maximum Gasteiger partial charge on any atom is 0.128 e. The third-order valence-electron chi connectivity index (χ3n) is 1.65. The van der Waals surface area contributed by atoms with Crippen molar-refractivity contribution in [2.45, 2.75) is 0 Å². The molecule has 2 rings (SSSR count). The minimum Gasteiger partial charge on any atom is -0.487 e. The highest BCUT2D eigenvalue weighted by Gasteiger charge is 2.06. The van der Waals surface area contributed by atoms with E-state index in [2.05, 4.69) is 0 Å². The Morgan fingerprint density at radius 3 is 3.00 bits per heavy atom. The maximum absolute atomic E-state index is 5.59. The molecule has 0 spiro atoms. The third-order valence-corrected chi connectivity index (χ3v) is 1.65. The van der Waals surface area contributed by atoms with Crippen LogP contribution in [0, 0.1) is 0 Å². The summed E-state index contributed by atoms with van der Waals surface area (Å²) in [6.07, 6.45) is 1.94. The van der Waals surface area contributed by atoms with Crippen LogP contribution in [0.25, 0.3) is 6.08 Å². The summed E-state index contributed by atoms with van der Waals surface area (Å²) in [6.45, 7) is 0.511. The smallest absolute Gasteiger partial charge is 0.128 e. The number of ether oxygens (including phenoxy) is 1. The van der Waals surface area contributed by atoms with E-state index < -0.39 is 0 Å². The van der Waals surface area contributed by atoms with Crippen molar-refractivity contribution in [3.05, 3.63) is 35.5 Å². The molecule has 0 aromatic heterocycles. The second kappa shape index (κ2) is 2.31. The molecule has 1 heterocycles. The van der Waals surface area contributed by atoms with Crippen LogP contribution in [0.3, 0.4) is 0 Å². The van der Waals surface area contributed by atoms with Crippen LogP contribution in [-0.2, 0) is 0 Å². The molecule has 11 heavy (non-hydrogen) atoms. The predicted molar refractivity (Wildman–Crippen MR) is 44.1 cm³/mol.